The van der Waals surface area contributed by atoms with E-state index >= 15 is 0 Å². The van der Waals surface area contributed by atoms with E-state index in [0.29, 0.717) is 31.5 Å². The fraction of sp³-hybridized carbons (Fsp3) is 0.217. The fourth-order valence-electron chi connectivity index (χ4n) is 3.58. The van der Waals surface area contributed by atoms with Crippen LogP contribution in [0.3, 0.4) is 0 Å². The molecule has 0 aliphatic carbocycles. The molecule has 152 valence electrons. The van der Waals surface area contributed by atoms with Gasteiger partial charge in [0.05, 0.1) is 0 Å². The van der Waals surface area contributed by atoms with Crippen LogP contribution in [0.1, 0.15) is 33.7 Å². The maximum Gasteiger partial charge on any atom is 0.271 e. The van der Waals surface area contributed by atoms with Gasteiger partial charge in [0.2, 0.25) is 0 Å². The normalized spacial score (nSPS) is 14.3. The van der Waals surface area contributed by atoms with Crippen molar-refractivity contribution in [2.24, 2.45) is 0 Å². The molecule has 0 atom stereocenters. The number of H-pyrrole nitrogens is 1. The third-order valence-electron chi connectivity index (χ3n) is 5.27. The van der Waals surface area contributed by atoms with Gasteiger partial charge in [-0.25, -0.2) is 5.10 Å². The number of nitrogens with one attached hydrogen (secondary N) is 2. The van der Waals surface area contributed by atoms with E-state index in [1.807, 2.05) is 59.5 Å². The van der Waals surface area contributed by atoms with Gasteiger partial charge in [0.15, 0.2) is 0 Å². The first kappa shape index (κ1) is 19.6. The highest BCUT2D eigenvalue weighted by Crippen LogP contribution is 2.21. The highest BCUT2D eigenvalue weighted by molar-refractivity contribution is 5.95. The standard InChI is InChI=1S/C23H22N4O3/c28-21-11-10-20(25-26-21)22(29)24-19-12-14-27(15-13-19)23(30)18-8-6-17(7-9-18)16-4-2-1-3-5-16/h1-11,19H,12-15H2,(H,24,29)(H,26,28). The lowest BCUT2D eigenvalue weighted by molar-refractivity contribution is 0.0697. The Morgan fingerprint density at radius 2 is 1.57 bits per heavy atom. The number of amides is 2. The summed E-state index contributed by atoms with van der Waals surface area (Å²) >= 11 is 0. The lowest BCUT2D eigenvalue weighted by atomic mass is 10.0. The molecule has 7 nitrogen and oxygen atoms in total. The van der Waals surface area contributed by atoms with Crippen molar-refractivity contribution >= 4 is 11.8 Å². The number of carbonyl (C=O) groups is 2. The molecule has 0 radical (unpaired) electrons. The highest BCUT2D eigenvalue weighted by Gasteiger charge is 2.25. The minimum Gasteiger partial charge on any atom is -0.348 e. The van der Waals surface area contributed by atoms with E-state index in [0.717, 1.165) is 11.1 Å². The molecule has 1 aliphatic rings. The molecule has 0 bridgehead atoms. The average Bonchev–Trinajstić information content (AvgIpc) is 2.80. The van der Waals surface area contributed by atoms with Gasteiger partial charge < -0.3 is 10.2 Å². The van der Waals surface area contributed by atoms with Gasteiger partial charge in [-0.2, -0.15) is 5.10 Å². The van der Waals surface area contributed by atoms with Crippen molar-refractivity contribution in [3.63, 3.8) is 0 Å². The van der Waals surface area contributed by atoms with Crippen LogP contribution in [0.2, 0.25) is 0 Å². The van der Waals surface area contributed by atoms with E-state index in [9.17, 15) is 14.4 Å². The molecule has 0 spiro atoms. The summed E-state index contributed by atoms with van der Waals surface area (Å²) in [6, 6.07) is 20.3. The smallest absolute Gasteiger partial charge is 0.271 e. The quantitative estimate of drug-likeness (QED) is 0.701. The van der Waals surface area contributed by atoms with Gasteiger partial charge in [-0.05, 0) is 42.2 Å². The first-order valence-electron chi connectivity index (χ1n) is 9.91. The third-order valence-corrected chi connectivity index (χ3v) is 5.27. The predicted molar refractivity (Wildman–Crippen MR) is 113 cm³/mol. The molecule has 1 fully saturated rings. The van der Waals surface area contributed by atoms with Crippen molar-refractivity contribution in [3.8, 4) is 11.1 Å². The zero-order valence-electron chi connectivity index (χ0n) is 16.4. The van der Waals surface area contributed by atoms with Gasteiger partial charge >= 0.3 is 0 Å². The zero-order chi connectivity index (χ0) is 20.9. The second kappa shape index (κ2) is 8.73. The van der Waals surface area contributed by atoms with E-state index in [1.165, 1.54) is 12.1 Å². The Bertz CT molecular complexity index is 1060. The molecule has 1 aromatic heterocycles. The maximum atomic E-state index is 12.8. The maximum absolute atomic E-state index is 12.8. The third kappa shape index (κ3) is 4.46. The van der Waals surface area contributed by atoms with Gasteiger partial charge in [-0.3, -0.25) is 14.4 Å². The van der Waals surface area contributed by atoms with Crippen LogP contribution in [0, 0.1) is 0 Å². The predicted octanol–water partition coefficient (Wildman–Crippen LogP) is 2.47. The molecule has 30 heavy (non-hydrogen) atoms. The first-order chi connectivity index (χ1) is 14.6. The number of aromatic nitrogens is 2. The molecule has 0 saturated carbocycles. The molecule has 2 heterocycles. The van der Waals surface area contributed by atoms with E-state index in [1.54, 1.807) is 0 Å². The Balaban J connectivity index is 1.32. The van der Waals surface area contributed by atoms with Crippen molar-refractivity contribution in [1.29, 1.82) is 0 Å². The van der Waals surface area contributed by atoms with Crippen molar-refractivity contribution < 1.29 is 9.59 Å². The largest absolute Gasteiger partial charge is 0.348 e. The van der Waals surface area contributed by atoms with Crippen molar-refractivity contribution in [1.82, 2.24) is 20.4 Å². The molecular weight excluding hydrogens is 380 g/mol. The number of likely N-dealkylation sites (tertiary alicyclic amines) is 1. The molecule has 7 heteroatoms. The summed E-state index contributed by atoms with van der Waals surface area (Å²) in [5, 5.41) is 8.91. The summed E-state index contributed by atoms with van der Waals surface area (Å²) in [5.41, 5.74) is 2.67. The SMILES string of the molecule is O=C(NC1CCN(C(=O)c2ccc(-c3ccccc3)cc2)CC1)c1ccc(=O)[nH]n1. The lowest BCUT2D eigenvalue weighted by Crippen LogP contribution is -2.46. The Morgan fingerprint density at radius 1 is 0.900 bits per heavy atom. The summed E-state index contributed by atoms with van der Waals surface area (Å²) < 4.78 is 0. The molecular formula is C23H22N4O3. The van der Waals surface area contributed by atoms with E-state index in [2.05, 4.69) is 15.5 Å². The molecule has 0 unspecified atom stereocenters. The number of carbonyl (C=O) groups excluding carboxylic acids is 2. The Morgan fingerprint density at radius 3 is 2.20 bits per heavy atom. The van der Waals surface area contributed by atoms with Gasteiger partial charge in [0, 0.05) is 30.8 Å². The van der Waals surface area contributed by atoms with Gasteiger partial charge in [0.25, 0.3) is 17.4 Å². The van der Waals surface area contributed by atoms with E-state index < -0.39 is 0 Å². The fourth-order valence-corrected chi connectivity index (χ4v) is 3.58. The first-order valence-corrected chi connectivity index (χ1v) is 9.91. The number of nitrogens with zero attached hydrogens (tertiary/aromatic N) is 2. The highest BCUT2D eigenvalue weighted by atomic mass is 16.2. The molecule has 2 aromatic carbocycles. The van der Waals surface area contributed by atoms with Crippen LogP contribution in [0.15, 0.2) is 71.5 Å². The van der Waals surface area contributed by atoms with E-state index in [-0.39, 0.29) is 29.1 Å². The Hall–Kier alpha value is -3.74. The van der Waals surface area contributed by atoms with Gasteiger partial charge in [0.1, 0.15) is 5.69 Å². The summed E-state index contributed by atoms with van der Waals surface area (Å²) in [7, 11) is 0. The average molecular weight is 402 g/mol. The number of hydrogen-bond acceptors (Lipinski definition) is 4. The number of rotatable bonds is 4. The van der Waals surface area contributed by atoms with E-state index in [4.69, 9.17) is 0 Å². The summed E-state index contributed by atoms with van der Waals surface area (Å²) in [6.45, 7) is 1.15. The van der Waals surface area contributed by atoms with Crippen LogP contribution >= 0.6 is 0 Å². The molecule has 2 N–H and O–H groups in total. The minimum atomic E-state index is -0.352. The summed E-state index contributed by atoms with van der Waals surface area (Å²) in [6.07, 6.45) is 1.34. The number of hydrogen-bond donors (Lipinski definition) is 2. The molecule has 4 rings (SSSR count). The van der Waals surface area contributed by atoms with Crippen molar-refractivity contribution in [2.45, 2.75) is 18.9 Å². The number of benzene rings is 2. The molecule has 3 aromatic rings. The van der Waals surface area contributed by atoms with Crippen LogP contribution in [0.4, 0.5) is 0 Å². The van der Waals surface area contributed by atoms with Crippen LogP contribution in [-0.4, -0.2) is 46.0 Å². The van der Waals surface area contributed by atoms with Gasteiger partial charge in [-0.1, -0.05) is 42.5 Å². The molecule has 2 amide bonds. The van der Waals surface area contributed by atoms with Gasteiger partial charge in [-0.15, -0.1) is 0 Å². The second-order valence-corrected chi connectivity index (χ2v) is 7.29. The summed E-state index contributed by atoms with van der Waals surface area (Å²) in [5.74, 6) is -0.325. The number of aromatic amines is 1. The van der Waals surface area contributed by atoms with Crippen LogP contribution < -0.4 is 10.9 Å². The minimum absolute atomic E-state index is 0.00156. The lowest BCUT2D eigenvalue weighted by Gasteiger charge is -2.32. The molecule has 1 saturated heterocycles. The summed E-state index contributed by atoms with van der Waals surface area (Å²) in [4.78, 5) is 37.9. The number of piperidine rings is 1. The van der Waals surface area contributed by atoms with Crippen LogP contribution in [-0.2, 0) is 0 Å². The van der Waals surface area contributed by atoms with Crippen molar-refractivity contribution in [2.75, 3.05) is 13.1 Å². The Kier molecular flexibility index (Phi) is 5.70. The monoisotopic (exact) mass is 402 g/mol. The topological polar surface area (TPSA) is 95.2 Å². The zero-order valence-corrected chi connectivity index (χ0v) is 16.4. The Labute approximate surface area is 173 Å². The van der Waals surface area contributed by atoms with Crippen LogP contribution in [0.25, 0.3) is 11.1 Å². The van der Waals surface area contributed by atoms with Crippen molar-refractivity contribution in [3.05, 3.63) is 88.3 Å². The molecule has 1 aliphatic heterocycles. The van der Waals surface area contributed by atoms with Crippen LogP contribution in [0.5, 0.6) is 0 Å². The second-order valence-electron chi connectivity index (χ2n) is 7.29.